The first-order valence-corrected chi connectivity index (χ1v) is 3.98. The fourth-order valence-corrected chi connectivity index (χ4v) is 0.980. The maximum Gasteiger partial charge on any atom is 0.574 e. The number of aliphatic hydroxyl groups excluding tert-OH is 1. The maximum atomic E-state index is 12.9. The molecule has 0 aliphatic rings. The van der Waals surface area contributed by atoms with Crippen molar-refractivity contribution < 1.29 is 31.8 Å². The SMILES string of the molecule is OCc1nc(OC(F)(F)F)c(F)cc1CF. The second kappa shape index (κ2) is 4.60. The lowest BCUT2D eigenvalue weighted by Crippen LogP contribution is -2.19. The second-order valence-electron chi connectivity index (χ2n) is 2.72. The van der Waals surface area contributed by atoms with E-state index in [0.29, 0.717) is 6.07 Å². The Kier molecular flexibility index (Phi) is 3.63. The van der Waals surface area contributed by atoms with Crippen LogP contribution in [0.4, 0.5) is 22.0 Å². The van der Waals surface area contributed by atoms with Gasteiger partial charge in [-0.25, -0.2) is 13.8 Å². The smallest absolute Gasteiger partial charge is 0.390 e. The van der Waals surface area contributed by atoms with Gasteiger partial charge in [0.1, 0.15) is 6.67 Å². The van der Waals surface area contributed by atoms with Gasteiger partial charge in [-0.05, 0) is 6.07 Å². The van der Waals surface area contributed by atoms with Crippen LogP contribution >= 0.6 is 0 Å². The third kappa shape index (κ3) is 3.02. The first-order valence-electron chi connectivity index (χ1n) is 3.98. The standard InChI is InChI=1S/C8H6F5NO2/c9-2-4-1-5(10)7(14-6(4)3-15)16-8(11,12)13/h1,15H,2-3H2. The van der Waals surface area contributed by atoms with Crippen molar-refractivity contribution in [2.24, 2.45) is 0 Å². The highest BCUT2D eigenvalue weighted by molar-refractivity contribution is 5.26. The summed E-state index contributed by atoms with van der Waals surface area (Å²) in [6, 6.07) is 0.500. The van der Waals surface area contributed by atoms with Gasteiger partial charge in [0.25, 0.3) is 5.88 Å². The van der Waals surface area contributed by atoms with Crippen LogP contribution < -0.4 is 4.74 Å². The number of pyridine rings is 1. The summed E-state index contributed by atoms with van der Waals surface area (Å²) in [6.07, 6.45) is -5.10. The number of hydrogen-bond acceptors (Lipinski definition) is 3. The van der Waals surface area contributed by atoms with E-state index in [9.17, 15) is 22.0 Å². The van der Waals surface area contributed by atoms with Gasteiger partial charge < -0.3 is 9.84 Å². The molecule has 0 atom stereocenters. The monoisotopic (exact) mass is 243 g/mol. The maximum absolute atomic E-state index is 12.9. The van der Waals surface area contributed by atoms with Gasteiger partial charge in [-0.3, -0.25) is 0 Å². The van der Waals surface area contributed by atoms with E-state index in [0.717, 1.165) is 0 Å². The summed E-state index contributed by atoms with van der Waals surface area (Å²) in [6.45, 7) is -1.96. The van der Waals surface area contributed by atoms with Gasteiger partial charge in [0.05, 0.1) is 12.3 Å². The zero-order chi connectivity index (χ0) is 12.3. The number of aliphatic hydroxyl groups is 1. The summed E-state index contributed by atoms with van der Waals surface area (Å²) < 4.78 is 63.8. The van der Waals surface area contributed by atoms with Crippen molar-refractivity contribution in [2.75, 3.05) is 0 Å². The van der Waals surface area contributed by atoms with Gasteiger partial charge in [-0.15, -0.1) is 13.2 Å². The summed E-state index contributed by atoms with van der Waals surface area (Å²) in [5, 5.41) is 8.67. The van der Waals surface area contributed by atoms with Crippen LogP contribution in [0.3, 0.4) is 0 Å². The van der Waals surface area contributed by atoms with Crippen molar-refractivity contribution in [1.82, 2.24) is 4.98 Å². The molecule has 1 aromatic rings. The fourth-order valence-electron chi connectivity index (χ4n) is 0.980. The molecule has 0 saturated heterocycles. The normalized spacial score (nSPS) is 11.6. The van der Waals surface area contributed by atoms with Crippen molar-refractivity contribution in [1.29, 1.82) is 0 Å². The molecule has 3 nitrogen and oxygen atoms in total. The molecule has 0 aromatic carbocycles. The predicted molar refractivity (Wildman–Crippen MR) is 41.6 cm³/mol. The Morgan fingerprint density at radius 2 is 2.00 bits per heavy atom. The van der Waals surface area contributed by atoms with Crippen LogP contribution in [0.1, 0.15) is 11.3 Å². The van der Waals surface area contributed by atoms with Crippen molar-refractivity contribution in [2.45, 2.75) is 19.6 Å². The summed E-state index contributed by atoms with van der Waals surface area (Å²) in [4.78, 5) is 3.04. The van der Waals surface area contributed by atoms with Crippen molar-refractivity contribution in [3.05, 3.63) is 23.1 Å². The molecular weight excluding hydrogens is 237 g/mol. The van der Waals surface area contributed by atoms with E-state index in [2.05, 4.69) is 9.72 Å². The number of ether oxygens (including phenoxy) is 1. The summed E-state index contributed by atoms with van der Waals surface area (Å²) in [5.41, 5.74) is -0.724. The number of rotatable bonds is 3. The Labute approximate surface area is 86.5 Å². The molecule has 1 aromatic heterocycles. The molecule has 16 heavy (non-hydrogen) atoms. The third-order valence-corrected chi connectivity index (χ3v) is 1.62. The number of hydrogen-bond donors (Lipinski definition) is 1. The van der Waals surface area contributed by atoms with E-state index in [4.69, 9.17) is 5.11 Å². The van der Waals surface area contributed by atoms with Crippen LogP contribution in [0.5, 0.6) is 5.88 Å². The lowest BCUT2D eigenvalue weighted by atomic mass is 10.2. The largest absolute Gasteiger partial charge is 0.574 e. The summed E-state index contributed by atoms with van der Waals surface area (Å²) >= 11 is 0. The molecule has 0 spiro atoms. The molecule has 1 rings (SSSR count). The van der Waals surface area contributed by atoms with E-state index in [-0.39, 0.29) is 5.56 Å². The molecule has 0 aliphatic carbocycles. The van der Waals surface area contributed by atoms with Gasteiger partial charge in [-0.2, -0.15) is 0 Å². The molecule has 0 aliphatic heterocycles. The molecule has 8 heteroatoms. The van der Waals surface area contributed by atoms with E-state index in [1.54, 1.807) is 0 Å². The van der Waals surface area contributed by atoms with Crippen LogP contribution in [0.15, 0.2) is 6.07 Å². The highest BCUT2D eigenvalue weighted by atomic mass is 19.4. The molecule has 1 heterocycles. The molecule has 0 bridgehead atoms. The van der Waals surface area contributed by atoms with E-state index >= 15 is 0 Å². The Morgan fingerprint density at radius 1 is 1.38 bits per heavy atom. The highest BCUT2D eigenvalue weighted by Gasteiger charge is 2.33. The average Bonchev–Trinajstić information content (AvgIpc) is 2.18. The predicted octanol–water partition coefficient (Wildman–Crippen LogP) is 2.08. The van der Waals surface area contributed by atoms with Gasteiger partial charge in [-0.1, -0.05) is 0 Å². The first-order chi connectivity index (χ1) is 7.37. The summed E-state index contributed by atoms with van der Waals surface area (Å²) in [7, 11) is 0. The number of nitrogens with zero attached hydrogens (tertiary/aromatic N) is 1. The fraction of sp³-hybridized carbons (Fsp3) is 0.375. The first kappa shape index (κ1) is 12.6. The van der Waals surface area contributed by atoms with Gasteiger partial charge in [0.2, 0.25) is 0 Å². The van der Waals surface area contributed by atoms with Gasteiger partial charge in [0.15, 0.2) is 5.82 Å². The minimum absolute atomic E-state index is 0.325. The topological polar surface area (TPSA) is 42.4 Å². The Morgan fingerprint density at radius 3 is 2.44 bits per heavy atom. The molecular formula is C8H6F5NO2. The molecule has 90 valence electrons. The van der Waals surface area contributed by atoms with Gasteiger partial charge >= 0.3 is 6.36 Å². The van der Waals surface area contributed by atoms with Crippen LogP contribution in [-0.4, -0.2) is 16.5 Å². The van der Waals surface area contributed by atoms with Crippen LogP contribution in [-0.2, 0) is 13.3 Å². The zero-order valence-electron chi connectivity index (χ0n) is 7.68. The number of aromatic nitrogens is 1. The minimum atomic E-state index is -5.10. The molecule has 0 amide bonds. The molecule has 1 N–H and O–H groups in total. The van der Waals surface area contributed by atoms with Crippen LogP contribution in [0, 0.1) is 5.82 Å². The molecule has 0 unspecified atom stereocenters. The number of alkyl halides is 4. The number of halogens is 5. The molecule has 0 saturated carbocycles. The summed E-state index contributed by atoms with van der Waals surface area (Å²) in [5.74, 6) is -2.78. The lowest BCUT2D eigenvalue weighted by Gasteiger charge is -2.11. The van der Waals surface area contributed by atoms with Crippen molar-refractivity contribution >= 4 is 0 Å². The van der Waals surface area contributed by atoms with E-state index in [1.165, 1.54) is 0 Å². The lowest BCUT2D eigenvalue weighted by molar-refractivity contribution is -0.277. The van der Waals surface area contributed by atoms with Crippen molar-refractivity contribution in [3.63, 3.8) is 0 Å². The Balaban J connectivity index is 3.11. The quantitative estimate of drug-likeness (QED) is 0.826. The minimum Gasteiger partial charge on any atom is -0.390 e. The second-order valence-corrected chi connectivity index (χ2v) is 2.72. The van der Waals surface area contributed by atoms with E-state index in [1.807, 2.05) is 0 Å². The molecule has 0 radical (unpaired) electrons. The Hall–Kier alpha value is -1.44. The highest BCUT2D eigenvalue weighted by Crippen LogP contribution is 2.25. The van der Waals surface area contributed by atoms with Crippen LogP contribution in [0.2, 0.25) is 0 Å². The van der Waals surface area contributed by atoms with Gasteiger partial charge in [0, 0.05) is 5.56 Å². The third-order valence-electron chi connectivity index (χ3n) is 1.62. The average molecular weight is 243 g/mol. The molecule has 0 fully saturated rings. The van der Waals surface area contributed by atoms with Crippen LogP contribution in [0.25, 0.3) is 0 Å². The Bertz CT molecular complexity index is 379. The van der Waals surface area contributed by atoms with Crippen molar-refractivity contribution in [3.8, 4) is 5.88 Å². The van der Waals surface area contributed by atoms with E-state index < -0.39 is 37.0 Å². The zero-order valence-corrected chi connectivity index (χ0v) is 7.68.